The fourth-order valence-electron chi connectivity index (χ4n) is 1.35. The molecule has 18 heavy (non-hydrogen) atoms. The predicted molar refractivity (Wildman–Crippen MR) is 48.9 cm³/mol. The van der Waals surface area contributed by atoms with Gasteiger partial charge >= 0.3 is 126 Å². The molecule has 1 aliphatic heterocycles. The van der Waals surface area contributed by atoms with E-state index in [-0.39, 0.29) is 29.6 Å². The van der Waals surface area contributed by atoms with Gasteiger partial charge in [0.2, 0.25) is 0 Å². The Bertz CT molecular complexity index is 315. The van der Waals surface area contributed by atoms with Gasteiger partial charge in [0.05, 0.1) is 0 Å². The van der Waals surface area contributed by atoms with Crippen molar-refractivity contribution >= 4 is 20.1 Å². The third kappa shape index (κ3) is 4.37. The van der Waals surface area contributed by atoms with Gasteiger partial charge in [0.25, 0.3) is 0 Å². The van der Waals surface area contributed by atoms with Crippen molar-refractivity contribution in [2.75, 3.05) is 6.61 Å². The van der Waals surface area contributed by atoms with Gasteiger partial charge in [-0.25, -0.2) is 0 Å². The molecule has 0 saturated carbocycles. The summed E-state index contributed by atoms with van der Waals surface area (Å²) in [7, 11) is 0. The second kappa shape index (κ2) is 6.00. The van der Waals surface area contributed by atoms with E-state index in [4.69, 9.17) is 27.6 Å². The summed E-state index contributed by atoms with van der Waals surface area (Å²) < 4.78 is 35.8. The van der Waals surface area contributed by atoms with Crippen LogP contribution in [0.15, 0.2) is 0 Å². The number of aliphatic carboxylic acids is 1. The Hall–Kier alpha value is 0.708. The Morgan fingerprint density at radius 2 is 1.72 bits per heavy atom. The average Bonchev–Trinajstić information content (AvgIpc) is 2.46. The predicted octanol–water partition coefficient (Wildman–Crippen LogP) is -7.56. The molecule has 1 heterocycles. The number of hydrogen-bond acceptors (Lipinski definition) is 9. The number of hydrogen-bond donors (Lipinski definition) is 7. The fourth-order valence-corrected chi connectivity index (χ4v) is 4.28. The number of carboxylic acid groups (broad SMARTS) is 1. The molecule has 1 rings (SSSR count). The normalized spacial score (nSPS) is 34.7. The maximum Gasteiger partial charge on any atom is 1.00 e. The first-order valence-electron chi connectivity index (χ1n) is 4.39. The van der Waals surface area contributed by atoms with Crippen LogP contribution < -0.4 is 29.6 Å². The average molecular weight is 343 g/mol. The largest absolute Gasteiger partial charge is 1.00 e. The van der Waals surface area contributed by atoms with Gasteiger partial charge in [-0.3, -0.25) is 0 Å². The first kappa shape index (κ1) is 18.7. The molecule has 0 aromatic carbocycles. The summed E-state index contributed by atoms with van der Waals surface area (Å²) in [4.78, 5) is 10.4. The Morgan fingerprint density at radius 3 is 2.11 bits per heavy atom. The minimum atomic E-state index is -6.47. The van der Waals surface area contributed by atoms with Crippen molar-refractivity contribution in [3.8, 4) is 0 Å². The summed E-state index contributed by atoms with van der Waals surface area (Å²) in [6.45, 7) is -0.883. The van der Waals surface area contributed by atoms with E-state index in [0.717, 1.165) is 0 Å². The Kier molecular flexibility index (Phi) is 6.23. The molecule has 0 aliphatic carbocycles. The van der Waals surface area contributed by atoms with E-state index in [9.17, 15) is 9.90 Å². The maximum atomic E-state index is 10.4. The van der Waals surface area contributed by atoms with Crippen LogP contribution >= 0.6 is 0 Å². The van der Waals surface area contributed by atoms with Gasteiger partial charge in [0, 0.05) is 0 Å². The van der Waals surface area contributed by atoms with Gasteiger partial charge in [0.1, 0.15) is 0 Å². The number of carbonyl (C=O) groups is 1. The van der Waals surface area contributed by atoms with Crippen LogP contribution in [0.2, 0.25) is 0 Å². The molecule has 0 aromatic rings. The van der Waals surface area contributed by atoms with E-state index in [0.29, 0.717) is 0 Å². The maximum absolute atomic E-state index is 10.4. The van der Waals surface area contributed by atoms with Crippen LogP contribution in [-0.4, -0.2) is 83.9 Å². The van der Waals surface area contributed by atoms with E-state index < -0.39 is 51.1 Å². The van der Waals surface area contributed by atoms with Gasteiger partial charge in [-0.15, -0.1) is 0 Å². The minimum absolute atomic E-state index is 0. The molecule has 4 atom stereocenters. The second-order valence-corrected chi connectivity index (χ2v) is 7.88. The van der Waals surface area contributed by atoms with Crippen LogP contribution in [0.25, 0.3) is 0 Å². The molecule has 12 heteroatoms. The summed E-state index contributed by atoms with van der Waals surface area (Å²) in [6.07, 6.45) is -7.75. The smallest absolute Gasteiger partial charge is 1.00 e. The van der Waals surface area contributed by atoms with Crippen LogP contribution in [0, 0.1) is 0 Å². The quantitative estimate of drug-likeness (QED) is 0.243. The Balaban J connectivity index is 0.00000289. The van der Waals surface area contributed by atoms with Crippen molar-refractivity contribution in [3.63, 3.8) is 0 Å². The van der Waals surface area contributed by atoms with Gasteiger partial charge in [0.15, 0.2) is 0 Å². The van der Waals surface area contributed by atoms with Crippen molar-refractivity contribution in [2.45, 2.75) is 24.4 Å². The monoisotopic (exact) mass is 343 g/mol. The standard InChI is InChI=1S/C6H13AsO10.Na/c8-1-2-5(3(9)4(10)6(11)12)17-7(13,14,15)16-2;/h2-5,8-10,13-15H,1H2,(H,11,12);/q;+1. The Labute approximate surface area is 125 Å². The summed E-state index contributed by atoms with van der Waals surface area (Å²) in [5.41, 5.74) is 0. The van der Waals surface area contributed by atoms with E-state index in [1.54, 1.807) is 0 Å². The molecule has 102 valence electrons. The van der Waals surface area contributed by atoms with Gasteiger partial charge < -0.3 is 0 Å². The van der Waals surface area contributed by atoms with Crippen LogP contribution in [-0.2, 0) is 12.2 Å². The molecule has 0 radical (unpaired) electrons. The molecule has 1 saturated heterocycles. The van der Waals surface area contributed by atoms with Crippen LogP contribution in [0.5, 0.6) is 0 Å². The third-order valence-electron chi connectivity index (χ3n) is 2.09. The van der Waals surface area contributed by atoms with Crippen molar-refractivity contribution in [3.05, 3.63) is 0 Å². The van der Waals surface area contributed by atoms with Crippen molar-refractivity contribution in [2.24, 2.45) is 0 Å². The summed E-state index contributed by atoms with van der Waals surface area (Å²) in [5.74, 6) is -1.79. The van der Waals surface area contributed by atoms with Crippen molar-refractivity contribution in [1.82, 2.24) is 0 Å². The van der Waals surface area contributed by atoms with Crippen molar-refractivity contribution in [1.29, 1.82) is 0 Å². The second-order valence-electron chi connectivity index (χ2n) is 3.50. The van der Waals surface area contributed by atoms with Crippen molar-refractivity contribution < 1.29 is 74.5 Å². The molecule has 1 aliphatic rings. The first-order valence-corrected chi connectivity index (χ1v) is 8.44. The zero-order valence-corrected chi connectivity index (χ0v) is 13.2. The van der Waals surface area contributed by atoms with E-state index in [1.165, 1.54) is 0 Å². The summed E-state index contributed by atoms with van der Waals surface area (Å²) in [6, 6.07) is 0. The Morgan fingerprint density at radius 1 is 1.22 bits per heavy atom. The molecular formula is C6H13AsNaO10+. The molecule has 0 amide bonds. The zero-order valence-electron chi connectivity index (χ0n) is 9.32. The summed E-state index contributed by atoms with van der Waals surface area (Å²) >= 11 is -6.47. The molecule has 4 unspecified atom stereocenters. The van der Waals surface area contributed by atoms with Crippen LogP contribution in [0.3, 0.4) is 0 Å². The van der Waals surface area contributed by atoms with E-state index in [1.807, 2.05) is 0 Å². The molecule has 10 nitrogen and oxygen atoms in total. The van der Waals surface area contributed by atoms with E-state index >= 15 is 0 Å². The fraction of sp³-hybridized carbons (Fsp3) is 0.833. The van der Waals surface area contributed by atoms with Gasteiger partial charge in [-0.05, 0) is 0 Å². The van der Waals surface area contributed by atoms with E-state index in [2.05, 4.69) is 7.45 Å². The number of aliphatic hydroxyl groups excluding tert-OH is 3. The molecule has 1 fully saturated rings. The SMILES string of the molecule is O=C(O)C(O)C(O)C1O[As](O)(O)(O)OC1CO.[Na+]. The summed E-state index contributed by atoms with van der Waals surface area (Å²) in [5, 5.41) is 35.6. The molecular weight excluding hydrogens is 330 g/mol. The number of aliphatic hydroxyl groups is 3. The molecule has 0 aromatic heterocycles. The number of rotatable bonds is 4. The molecule has 0 bridgehead atoms. The molecule has 0 spiro atoms. The zero-order chi connectivity index (χ0) is 13.5. The van der Waals surface area contributed by atoms with Crippen LogP contribution in [0.1, 0.15) is 0 Å². The molecule has 7 N–H and O–H groups in total. The van der Waals surface area contributed by atoms with Gasteiger partial charge in [-0.2, -0.15) is 0 Å². The minimum Gasteiger partial charge on any atom is 1.00 e. The number of carboxylic acids is 1. The topological polar surface area (TPSA) is 177 Å². The third-order valence-corrected chi connectivity index (χ3v) is 4.71. The first-order chi connectivity index (χ1) is 7.55. The van der Waals surface area contributed by atoms with Gasteiger partial charge in [-0.1, -0.05) is 0 Å². The van der Waals surface area contributed by atoms with Crippen LogP contribution in [0.4, 0.5) is 0 Å².